The van der Waals surface area contributed by atoms with Crippen molar-refractivity contribution < 1.29 is 9.18 Å². The number of carbonyl (C=O) groups excluding carboxylic acids is 1. The summed E-state index contributed by atoms with van der Waals surface area (Å²) in [5.41, 5.74) is 4.38. The Morgan fingerprint density at radius 1 is 1.15 bits per heavy atom. The van der Waals surface area contributed by atoms with Crippen LogP contribution in [0.15, 0.2) is 48.7 Å². The Morgan fingerprint density at radius 2 is 1.91 bits per heavy atom. The number of benzene rings is 2. The average Bonchev–Trinajstić information content (AvgIpc) is 3.37. The van der Waals surface area contributed by atoms with Crippen molar-refractivity contribution in [1.29, 1.82) is 5.26 Å². The smallest absolute Gasteiger partial charge is 0.268 e. The molecule has 8 heteroatoms. The molecule has 0 spiro atoms. The Labute approximate surface area is 196 Å². The van der Waals surface area contributed by atoms with Gasteiger partial charge in [0.1, 0.15) is 17.6 Å². The van der Waals surface area contributed by atoms with Crippen LogP contribution in [0.25, 0.3) is 33.3 Å². The van der Waals surface area contributed by atoms with Gasteiger partial charge in [0.05, 0.1) is 16.8 Å². The molecular formula is C26H25FN6O. The van der Waals surface area contributed by atoms with E-state index in [9.17, 15) is 9.18 Å². The van der Waals surface area contributed by atoms with Gasteiger partial charge in [0.15, 0.2) is 0 Å². The monoisotopic (exact) mass is 456 g/mol. The first-order valence-corrected chi connectivity index (χ1v) is 11.3. The zero-order valence-corrected chi connectivity index (χ0v) is 19.1. The largest absolute Gasteiger partial charge is 0.348 e. The second-order valence-electron chi connectivity index (χ2n) is 8.73. The number of aromatic nitrogens is 3. The first-order valence-electron chi connectivity index (χ1n) is 11.3. The average molecular weight is 457 g/mol. The van der Waals surface area contributed by atoms with Crippen LogP contribution in [0.2, 0.25) is 0 Å². The van der Waals surface area contributed by atoms with Crippen LogP contribution in [0.5, 0.6) is 0 Å². The topological polar surface area (TPSA) is 87.7 Å². The second-order valence-corrected chi connectivity index (χ2v) is 8.73. The Bertz CT molecular complexity index is 1440. The molecule has 1 amide bonds. The van der Waals surface area contributed by atoms with Crippen molar-refractivity contribution in [3.05, 3.63) is 65.7 Å². The highest BCUT2D eigenvalue weighted by molar-refractivity contribution is 5.98. The maximum Gasteiger partial charge on any atom is 0.268 e. The van der Waals surface area contributed by atoms with Gasteiger partial charge in [-0.15, -0.1) is 0 Å². The van der Waals surface area contributed by atoms with Crippen LogP contribution in [0.1, 0.15) is 28.9 Å². The molecule has 2 aromatic heterocycles. The highest BCUT2D eigenvalue weighted by atomic mass is 19.1. The van der Waals surface area contributed by atoms with Crippen LogP contribution >= 0.6 is 0 Å². The van der Waals surface area contributed by atoms with E-state index in [1.165, 1.54) is 12.1 Å². The molecule has 0 saturated carbocycles. The molecule has 0 aliphatic carbocycles. The van der Waals surface area contributed by atoms with Gasteiger partial charge in [0, 0.05) is 37.3 Å². The molecule has 1 saturated heterocycles. The van der Waals surface area contributed by atoms with Crippen molar-refractivity contribution >= 4 is 16.8 Å². The fourth-order valence-corrected chi connectivity index (χ4v) is 4.69. The fourth-order valence-electron chi connectivity index (χ4n) is 4.69. The van der Waals surface area contributed by atoms with Gasteiger partial charge in [-0.3, -0.25) is 9.48 Å². The predicted octanol–water partition coefficient (Wildman–Crippen LogP) is 3.74. The number of halogens is 1. The molecule has 1 aliphatic heterocycles. The second kappa shape index (κ2) is 8.76. The molecule has 0 radical (unpaired) electrons. The minimum Gasteiger partial charge on any atom is -0.348 e. The summed E-state index contributed by atoms with van der Waals surface area (Å²) in [6.45, 7) is 1.76. The van der Waals surface area contributed by atoms with Gasteiger partial charge in [0.25, 0.3) is 5.91 Å². The summed E-state index contributed by atoms with van der Waals surface area (Å²) in [6.07, 6.45) is 3.70. The quantitative estimate of drug-likeness (QED) is 0.490. The predicted molar refractivity (Wildman–Crippen MR) is 129 cm³/mol. The summed E-state index contributed by atoms with van der Waals surface area (Å²) in [5, 5.41) is 21.0. The van der Waals surface area contributed by atoms with E-state index in [2.05, 4.69) is 15.7 Å². The van der Waals surface area contributed by atoms with Gasteiger partial charge in [-0.2, -0.15) is 10.4 Å². The first kappa shape index (κ1) is 21.9. The summed E-state index contributed by atoms with van der Waals surface area (Å²) in [5.74, 6) is -0.739. The number of hydrogen-bond donors (Lipinski definition) is 2. The number of nitrogens with one attached hydrogen (secondary N) is 2. The van der Waals surface area contributed by atoms with Crippen molar-refractivity contribution in [3.8, 4) is 28.5 Å². The van der Waals surface area contributed by atoms with Gasteiger partial charge >= 0.3 is 0 Å². The van der Waals surface area contributed by atoms with E-state index >= 15 is 0 Å². The standard InChI is InChI=1S/C26H25FN6O/c1-32-15-19-11-17(5-6-23(19)31-32)25-21(16-3-4-18(14-28)22(27)12-16)13-24(33(25)2)26(34)30-20-7-9-29-10-8-20/h3-6,11-13,15,20,29H,7-10H2,1-2H3,(H,30,34). The van der Waals surface area contributed by atoms with E-state index in [1.807, 2.05) is 49.1 Å². The maximum atomic E-state index is 14.5. The van der Waals surface area contributed by atoms with Crippen molar-refractivity contribution in [2.45, 2.75) is 18.9 Å². The molecule has 1 aliphatic rings. The van der Waals surface area contributed by atoms with E-state index in [4.69, 9.17) is 5.26 Å². The Hall–Kier alpha value is -3.96. The number of nitriles is 1. The molecule has 1 fully saturated rings. The molecule has 0 unspecified atom stereocenters. The lowest BCUT2D eigenvalue weighted by molar-refractivity contribution is 0.0921. The zero-order valence-electron chi connectivity index (χ0n) is 19.1. The minimum atomic E-state index is -0.585. The van der Waals surface area contributed by atoms with Gasteiger partial charge < -0.3 is 15.2 Å². The highest BCUT2D eigenvalue weighted by Gasteiger charge is 2.23. The molecule has 4 aromatic rings. The molecule has 2 aromatic carbocycles. The van der Waals surface area contributed by atoms with Crippen LogP contribution in [-0.2, 0) is 14.1 Å². The number of nitrogens with zero attached hydrogens (tertiary/aromatic N) is 4. The van der Waals surface area contributed by atoms with E-state index in [0.717, 1.165) is 53.7 Å². The normalized spacial score (nSPS) is 14.3. The van der Waals surface area contributed by atoms with Gasteiger partial charge in [0.2, 0.25) is 0 Å². The lowest BCUT2D eigenvalue weighted by Crippen LogP contribution is -2.43. The van der Waals surface area contributed by atoms with Crippen molar-refractivity contribution in [2.75, 3.05) is 13.1 Å². The third kappa shape index (κ3) is 3.95. The minimum absolute atomic E-state index is 0.0121. The van der Waals surface area contributed by atoms with E-state index in [0.29, 0.717) is 11.3 Å². The lowest BCUT2D eigenvalue weighted by Gasteiger charge is -2.23. The molecule has 172 valence electrons. The Kier molecular flexibility index (Phi) is 5.64. The molecule has 0 bridgehead atoms. The molecule has 2 N–H and O–H groups in total. The highest BCUT2D eigenvalue weighted by Crippen LogP contribution is 2.36. The Morgan fingerprint density at radius 3 is 2.65 bits per heavy atom. The molecule has 5 rings (SSSR count). The first-order chi connectivity index (χ1) is 16.4. The molecule has 34 heavy (non-hydrogen) atoms. The van der Waals surface area contributed by atoms with Crippen LogP contribution in [0.3, 0.4) is 0 Å². The number of hydrogen-bond acceptors (Lipinski definition) is 4. The molecular weight excluding hydrogens is 431 g/mol. The number of piperidine rings is 1. The molecule has 7 nitrogen and oxygen atoms in total. The van der Waals surface area contributed by atoms with Crippen molar-refractivity contribution in [2.24, 2.45) is 14.1 Å². The summed E-state index contributed by atoms with van der Waals surface area (Å²) in [6, 6.07) is 14.3. The SMILES string of the molecule is Cn1cc2cc(-c3c(-c4ccc(C#N)c(F)c4)cc(C(=O)NC4CCNCC4)n3C)ccc2n1. The third-order valence-corrected chi connectivity index (χ3v) is 6.43. The van der Waals surface area contributed by atoms with Crippen molar-refractivity contribution in [3.63, 3.8) is 0 Å². The maximum absolute atomic E-state index is 14.5. The van der Waals surface area contributed by atoms with Crippen LogP contribution in [0.4, 0.5) is 4.39 Å². The number of amides is 1. The number of rotatable bonds is 4. The van der Waals surface area contributed by atoms with E-state index < -0.39 is 5.82 Å². The summed E-state index contributed by atoms with van der Waals surface area (Å²) in [4.78, 5) is 13.3. The zero-order chi connectivity index (χ0) is 23.8. The Balaban J connectivity index is 1.63. The number of aryl methyl sites for hydroxylation is 1. The lowest BCUT2D eigenvalue weighted by atomic mass is 9.99. The van der Waals surface area contributed by atoms with Gasteiger partial charge in [-0.25, -0.2) is 4.39 Å². The fraction of sp³-hybridized carbons (Fsp3) is 0.269. The summed E-state index contributed by atoms with van der Waals surface area (Å²) >= 11 is 0. The van der Waals surface area contributed by atoms with Gasteiger partial charge in [-0.1, -0.05) is 12.1 Å². The van der Waals surface area contributed by atoms with E-state index in [-0.39, 0.29) is 17.5 Å². The molecule has 0 atom stereocenters. The number of fused-ring (bicyclic) bond motifs is 1. The van der Waals surface area contributed by atoms with E-state index in [1.54, 1.807) is 16.8 Å². The van der Waals surface area contributed by atoms with Crippen LogP contribution in [-0.4, -0.2) is 39.4 Å². The number of carbonyl (C=O) groups is 1. The third-order valence-electron chi connectivity index (χ3n) is 6.43. The summed E-state index contributed by atoms with van der Waals surface area (Å²) in [7, 11) is 3.72. The van der Waals surface area contributed by atoms with Gasteiger partial charge in [-0.05, 0) is 67.4 Å². The van der Waals surface area contributed by atoms with Crippen LogP contribution < -0.4 is 10.6 Å². The summed E-state index contributed by atoms with van der Waals surface area (Å²) < 4.78 is 18.1. The molecule has 3 heterocycles. The van der Waals surface area contributed by atoms with Crippen LogP contribution in [0, 0.1) is 17.1 Å². The van der Waals surface area contributed by atoms with Crippen molar-refractivity contribution in [1.82, 2.24) is 25.0 Å².